The summed E-state index contributed by atoms with van der Waals surface area (Å²) in [5.74, 6) is 1.30. The van der Waals surface area contributed by atoms with Gasteiger partial charge in [0.05, 0.1) is 4.47 Å². The zero-order chi connectivity index (χ0) is 15.9. The number of amides is 1. The molecule has 2 aliphatic rings. The summed E-state index contributed by atoms with van der Waals surface area (Å²) in [4.78, 5) is 14.7. The van der Waals surface area contributed by atoms with Crippen molar-refractivity contribution in [2.75, 3.05) is 26.3 Å². The fourth-order valence-electron chi connectivity index (χ4n) is 2.96. The van der Waals surface area contributed by atoms with Crippen LogP contribution in [0.2, 0.25) is 0 Å². The fourth-order valence-corrected chi connectivity index (χ4v) is 3.52. The van der Waals surface area contributed by atoms with Crippen molar-refractivity contribution in [1.82, 2.24) is 4.90 Å². The number of carbonyl (C=O) groups is 1. The van der Waals surface area contributed by atoms with E-state index >= 15 is 0 Å². The normalized spacial score (nSPS) is 23.3. The van der Waals surface area contributed by atoms with Crippen molar-refractivity contribution in [2.45, 2.75) is 26.3 Å². The van der Waals surface area contributed by atoms with Crippen molar-refractivity contribution in [1.29, 1.82) is 0 Å². The Morgan fingerprint density at radius 2 is 2.09 bits per heavy atom. The van der Waals surface area contributed by atoms with Crippen LogP contribution in [0.1, 0.15) is 30.6 Å². The highest BCUT2D eigenvalue weighted by molar-refractivity contribution is 9.10. The molecule has 5 nitrogen and oxygen atoms in total. The first kappa shape index (κ1) is 15.6. The molecule has 120 valence electrons. The van der Waals surface area contributed by atoms with Gasteiger partial charge >= 0.3 is 0 Å². The fraction of sp³-hybridized carbons (Fsp3) is 0.562. The molecule has 1 unspecified atom stereocenters. The van der Waals surface area contributed by atoms with E-state index in [1.165, 1.54) is 0 Å². The van der Waals surface area contributed by atoms with E-state index < -0.39 is 0 Å². The number of hydrogen-bond acceptors (Lipinski definition) is 4. The second-order valence-corrected chi connectivity index (χ2v) is 7.45. The summed E-state index contributed by atoms with van der Waals surface area (Å²) in [7, 11) is 0. The van der Waals surface area contributed by atoms with Gasteiger partial charge < -0.3 is 20.1 Å². The summed E-state index contributed by atoms with van der Waals surface area (Å²) >= 11 is 3.46. The van der Waals surface area contributed by atoms with E-state index in [4.69, 9.17) is 15.2 Å². The maximum atomic E-state index is 12.8. The lowest BCUT2D eigenvalue weighted by molar-refractivity contribution is 0.0532. The van der Waals surface area contributed by atoms with Crippen LogP contribution in [0.25, 0.3) is 0 Å². The first-order valence-corrected chi connectivity index (χ1v) is 8.32. The number of benzene rings is 1. The van der Waals surface area contributed by atoms with Crippen molar-refractivity contribution in [2.24, 2.45) is 11.1 Å². The minimum atomic E-state index is -0.0705. The Morgan fingerprint density at radius 1 is 1.36 bits per heavy atom. The summed E-state index contributed by atoms with van der Waals surface area (Å²) in [5, 5.41) is 0. The van der Waals surface area contributed by atoms with Crippen LogP contribution in [0.5, 0.6) is 11.5 Å². The Kier molecular flexibility index (Phi) is 4.07. The van der Waals surface area contributed by atoms with E-state index in [0.29, 0.717) is 43.4 Å². The monoisotopic (exact) mass is 368 g/mol. The predicted octanol–water partition coefficient (Wildman–Crippen LogP) is 2.42. The third-order valence-electron chi connectivity index (χ3n) is 4.44. The van der Waals surface area contributed by atoms with Crippen LogP contribution in [0.4, 0.5) is 0 Å². The number of likely N-dealkylation sites (tertiary alicyclic amines) is 1. The van der Waals surface area contributed by atoms with Crippen LogP contribution in [0.15, 0.2) is 16.6 Å². The lowest BCUT2D eigenvalue weighted by atomic mass is 9.79. The molecule has 1 aromatic carbocycles. The number of halogens is 1. The molecule has 6 heteroatoms. The highest BCUT2D eigenvalue weighted by Crippen LogP contribution is 2.39. The molecule has 0 spiro atoms. The quantitative estimate of drug-likeness (QED) is 0.826. The van der Waals surface area contributed by atoms with E-state index in [9.17, 15) is 4.79 Å². The van der Waals surface area contributed by atoms with E-state index in [1.807, 2.05) is 4.90 Å². The topological polar surface area (TPSA) is 64.8 Å². The molecule has 2 N–H and O–H groups in total. The molecular weight excluding hydrogens is 348 g/mol. The molecule has 1 atom stereocenters. The first-order chi connectivity index (χ1) is 10.4. The lowest BCUT2D eigenvalue weighted by Gasteiger charge is -2.42. The van der Waals surface area contributed by atoms with E-state index in [2.05, 4.69) is 29.8 Å². The number of rotatable bonds is 1. The smallest absolute Gasteiger partial charge is 0.254 e. The van der Waals surface area contributed by atoms with Crippen LogP contribution in [-0.2, 0) is 0 Å². The number of fused-ring (bicyclic) bond motifs is 1. The largest absolute Gasteiger partial charge is 0.486 e. The van der Waals surface area contributed by atoms with E-state index in [-0.39, 0.29) is 17.4 Å². The molecule has 0 bridgehead atoms. The van der Waals surface area contributed by atoms with E-state index in [0.717, 1.165) is 10.9 Å². The Bertz CT molecular complexity index is 603. The number of ether oxygens (including phenoxy) is 2. The van der Waals surface area contributed by atoms with Gasteiger partial charge in [0, 0.05) is 24.7 Å². The average Bonchev–Trinajstić information content (AvgIpc) is 2.49. The van der Waals surface area contributed by atoms with Gasteiger partial charge in [-0.2, -0.15) is 0 Å². The number of nitrogens with two attached hydrogens (primary N) is 1. The Hall–Kier alpha value is -1.27. The number of carbonyl (C=O) groups excluding carboxylic acids is 1. The predicted molar refractivity (Wildman–Crippen MR) is 87.4 cm³/mol. The van der Waals surface area contributed by atoms with Crippen LogP contribution < -0.4 is 15.2 Å². The van der Waals surface area contributed by atoms with Crippen LogP contribution in [0, 0.1) is 5.41 Å². The van der Waals surface area contributed by atoms with Crippen LogP contribution in [0.3, 0.4) is 0 Å². The summed E-state index contributed by atoms with van der Waals surface area (Å²) in [6.07, 6.45) is 0.824. The first-order valence-electron chi connectivity index (χ1n) is 7.52. The summed E-state index contributed by atoms with van der Waals surface area (Å²) < 4.78 is 11.9. The average molecular weight is 369 g/mol. The van der Waals surface area contributed by atoms with Gasteiger partial charge in [0.15, 0.2) is 11.5 Å². The Morgan fingerprint density at radius 3 is 2.82 bits per heavy atom. The highest BCUT2D eigenvalue weighted by Gasteiger charge is 2.36. The van der Waals surface area contributed by atoms with Crippen LogP contribution in [-0.4, -0.2) is 43.2 Å². The number of piperidine rings is 1. The van der Waals surface area contributed by atoms with Crippen molar-refractivity contribution in [3.8, 4) is 11.5 Å². The molecule has 0 aromatic heterocycles. The molecule has 2 aliphatic heterocycles. The van der Waals surface area contributed by atoms with Gasteiger partial charge in [-0.1, -0.05) is 13.8 Å². The standard InChI is InChI=1S/C16H21BrN2O3/c1-16(2)9-19(4-3-13(16)18)15(20)10-7-11(17)14-12(8-10)21-5-6-22-14/h7-8,13H,3-6,9,18H2,1-2H3. The number of nitrogens with zero attached hydrogens (tertiary/aromatic N) is 1. The molecule has 1 aromatic rings. The minimum absolute atomic E-state index is 0.0117. The van der Waals surface area contributed by atoms with Crippen molar-refractivity contribution < 1.29 is 14.3 Å². The van der Waals surface area contributed by atoms with Gasteiger partial charge in [-0.3, -0.25) is 4.79 Å². The molecule has 0 saturated carbocycles. The Labute approximate surface area is 138 Å². The van der Waals surface area contributed by atoms with Crippen molar-refractivity contribution in [3.05, 3.63) is 22.2 Å². The molecule has 2 heterocycles. The van der Waals surface area contributed by atoms with Gasteiger partial charge in [-0.25, -0.2) is 0 Å². The third-order valence-corrected chi connectivity index (χ3v) is 5.03. The number of hydrogen-bond donors (Lipinski definition) is 1. The molecule has 1 saturated heterocycles. The Balaban J connectivity index is 1.85. The van der Waals surface area contributed by atoms with E-state index in [1.54, 1.807) is 12.1 Å². The highest BCUT2D eigenvalue weighted by atomic mass is 79.9. The van der Waals surface area contributed by atoms with Crippen molar-refractivity contribution in [3.63, 3.8) is 0 Å². The van der Waals surface area contributed by atoms with Gasteiger partial charge in [0.2, 0.25) is 0 Å². The second kappa shape index (κ2) is 5.74. The van der Waals surface area contributed by atoms with Gasteiger partial charge in [-0.05, 0) is 39.9 Å². The molecule has 1 amide bonds. The third kappa shape index (κ3) is 2.82. The molecule has 1 fully saturated rings. The molecule has 3 rings (SSSR count). The molecular formula is C16H21BrN2O3. The van der Waals surface area contributed by atoms with Crippen molar-refractivity contribution >= 4 is 21.8 Å². The molecule has 22 heavy (non-hydrogen) atoms. The lowest BCUT2D eigenvalue weighted by Crippen LogP contribution is -2.54. The SMILES string of the molecule is CC1(C)CN(C(=O)c2cc(Br)c3c(c2)OCCO3)CCC1N. The maximum absolute atomic E-state index is 12.8. The van der Waals surface area contributed by atoms with Gasteiger partial charge in [0.1, 0.15) is 13.2 Å². The summed E-state index contributed by atoms with van der Waals surface area (Å²) in [6, 6.07) is 3.70. The molecule has 0 radical (unpaired) electrons. The zero-order valence-corrected chi connectivity index (χ0v) is 14.5. The maximum Gasteiger partial charge on any atom is 0.254 e. The van der Waals surface area contributed by atoms with Crippen LogP contribution >= 0.6 is 15.9 Å². The zero-order valence-electron chi connectivity index (χ0n) is 12.9. The molecule has 0 aliphatic carbocycles. The second-order valence-electron chi connectivity index (χ2n) is 6.59. The summed E-state index contributed by atoms with van der Waals surface area (Å²) in [5.41, 5.74) is 6.69. The minimum Gasteiger partial charge on any atom is -0.486 e. The van der Waals surface area contributed by atoms with Gasteiger partial charge in [0.25, 0.3) is 5.91 Å². The van der Waals surface area contributed by atoms with Gasteiger partial charge in [-0.15, -0.1) is 0 Å². The summed E-state index contributed by atoms with van der Waals surface area (Å²) in [6.45, 7) is 6.60.